The summed E-state index contributed by atoms with van der Waals surface area (Å²) in [5.41, 5.74) is 1.66. The minimum absolute atomic E-state index is 0.0348. The summed E-state index contributed by atoms with van der Waals surface area (Å²) in [6, 6.07) is 5.00. The molecule has 1 nitrogen and oxygen atoms in total. The first kappa shape index (κ1) is 10.9. The summed E-state index contributed by atoms with van der Waals surface area (Å²) in [5, 5.41) is 0. The van der Waals surface area contributed by atoms with Crippen molar-refractivity contribution in [1.29, 1.82) is 0 Å². The first-order valence-electron chi connectivity index (χ1n) is 4.76. The fourth-order valence-electron chi connectivity index (χ4n) is 1.58. The molecule has 0 fully saturated rings. The molecule has 1 rings (SSSR count). The van der Waals surface area contributed by atoms with Crippen LogP contribution in [-0.4, -0.2) is 5.78 Å². The summed E-state index contributed by atoms with van der Waals surface area (Å²) >= 11 is 0. The molecule has 0 aromatic heterocycles. The molecule has 0 amide bonds. The van der Waals surface area contributed by atoms with E-state index in [1.165, 1.54) is 13.0 Å². The SMILES string of the molecule is CC(=O)CC(C)c1cc(C)ccc1F. The molecule has 0 spiro atoms. The monoisotopic (exact) mass is 194 g/mol. The molecule has 1 atom stereocenters. The summed E-state index contributed by atoms with van der Waals surface area (Å²) in [5.74, 6) is -0.157. The number of benzene rings is 1. The molecule has 1 aromatic carbocycles. The molecule has 0 radical (unpaired) electrons. The summed E-state index contributed by atoms with van der Waals surface area (Å²) in [4.78, 5) is 10.9. The average Bonchev–Trinajstić information content (AvgIpc) is 2.08. The molecule has 14 heavy (non-hydrogen) atoms. The highest BCUT2D eigenvalue weighted by Gasteiger charge is 2.12. The van der Waals surface area contributed by atoms with E-state index in [2.05, 4.69) is 0 Å². The Morgan fingerprint density at radius 2 is 2.14 bits per heavy atom. The second kappa shape index (κ2) is 4.36. The van der Waals surface area contributed by atoms with Crippen LogP contribution >= 0.6 is 0 Å². The molecule has 0 aliphatic carbocycles. The van der Waals surface area contributed by atoms with Crippen LogP contribution in [0, 0.1) is 12.7 Å². The lowest BCUT2D eigenvalue weighted by Crippen LogP contribution is -2.03. The highest BCUT2D eigenvalue weighted by Crippen LogP contribution is 2.23. The molecule has 0 heterocycles. The van der Waals surface area contributed by atoms with Gasteiger partial charge in [-0.15, -0.1) is 0 Å². The smallest absolute Gasteiger partial charge is 0.130 e. The van der Waals surface area contributed by atoms with Crippen LogP contribution in [0.25, 0.3) is 0 Å². The Labute approximate surface area is 83.9 Å². The second-order valence-corrected chi connectivity index (χ2v) is 3.83. The Morgan fingerprint density at radius 1 is 1.50 bits per heavy atom. The maximum absolute atomic E-state index is 13.4. The van der Waals surface area contributed by atoms with E-state index in [1.807, 2.05) is 19.9 Å². The van der Waals surface area contributed by atoms with Gasteiger partial charge >= 0.3 is 0 Å². The number of aryl methyl sites for hydroxylation is 1. The van der Waals surface area contributed by atoms with Gasteiger partial charge in [0, 0.05) is 6.42 Å². The van der Waals surface area contributed by atoms with Crippen LogP contribution < -0.4 is 0 Å². The quantitative estimate of drug-likeness (QED) is 0.722. The lowest BCUT2D eigenvalue weighted by molar-refractivity contribution is -0.117. The predicted octanol–water partition coefficient (Wildman–Crippen LogP) is 3.22. The van der Waals surface area contributed by atoms with E-state index in [4.69, 9.17) is 0 Å². The summed E-state index contributed by atoms with van der Waals surface area (Å²) < 4.78 is 13.4. The van der Waals surface area contributed by atoms with Crippen LogP contribution in [0.2, 0.25) is 0 Å². The summed E-state index contributed by atoms with van der Waals surface area (Å²) in [7, 11) is 0. The van der Waals surface area contributed by atoms with Crippen molar-refractivity contribution in [3.8, 4) is 0 Å². The van der Waals surface area contributed by atoms with Gasteiger partial charge < -0.3 is 4.79 Å². The zero-order chi connectivity index (χ0) is 10.7. The van der Waals surface area contributed by atoms with Gasteiger partial charge in [-0.3, -0.25) is 0 Å². The van der Waals surface area contributed by atoms with Crippen molar-refractivity contribution in [2.24, 2.45) is 0 Å². The minimum atomic E-state index is -0.218. The molecule has 0 N–H and O–H groups in total. The van der Waals surface area contributed by atoms with Gasteiger partial charge in [-0.1, -0.05) is 24.6 Å². The number of carbonyl (C=O) groups is 1. The van der Waals surface area contributed by atoms with Crippen LogP contribution in [0.3, 0.4) is 0 Å². The Hall–Kier alpha value is -1.18. The zero-order valence-electron chi connectivity index (χ0n) is 8.80. The predicted molar refractivity (Wildman–Crippen MR) is 54.9 cm³/mol. The number of rotatable bonds is 3. The van der Waals surface area contributed by atoms with Crippen LogP contribution in [0.4, 0.5) is 4.39 Å². The molecule has 0 saturated heterocycles. The molecule has 2 heteroatoms. The average molecular weight is 194 g/mol. The Bertz CT molecular complexity index is 344. The van der Waals surface area contributed by atoms with E-state index in [-0.39, 0.29) is 17.5 Å². The minimum Gasteiger partial charge on any atom is -0.300 e. The normalized spacial score (nSPS) is 12.6. The number of hydrogen-bond acceptors (Lipinski definition) is 1. The van der Waals surface area contributed by atoms with Crippen molar-refractivity contribution in [1.82, 2.24) is 0 Å². The molecular weight excluding hydrogens is 179 g/mol. The van der Waals surface area contributed by atoms with Gasteiger partial charge in [-0.25, -0.2) is 4.39 Å². The first-order valence-corrected chi connectivity index (χ1v) is 4.76. The zero-order valence-corrected chi connectivity index (χ0v) is 8.80. The molecule has 0 bridgehead atoms. The van der Waals surface area contributed by atoms with Crippen LogP contribution in [0.5, 0.6) is 0 Å². The second-order valence-electron chi connectivity index (χ2n) is 3.83. The lowest BCUT2D eigenvalue weighted by atomic mass is 9.94. The van der Waals surface area contributed by atoms with Crippen LogP contribution in [0.15, 0.2) is 18.2 Å². The summed E-state index contributed by atoms with van der Waals surface area (Å²) in [6.45, 7) is 5.33. The number of halogens is 1. The number of ketones is 1. The van der Waals surface area contributed by atoms with Gasteiger partial charge in [0.2, 0.25) is 0 Å². The topological polar surface area (TPSA) is 17.1 Å². The number of hydrogen-bond donors (Lipinski definition) is 0. The summed E-state index contributed by atoms with van der Waals surface area (Å²) in [6.07, 6.45) is 0.403. The third kappa shape index (κ3) is 2.66. The molecule has 0 aliphatic heterocycles. The molecule has 1 aromatic rings. The van der Waals surface area contributed by atoms with Gasteiger partial charge in [0.05, 0.1) is 0 Å². The van der Waals surface area contributed by atoms with Crippen molar-refractivity contribution >= 4 is 5.78 Å². The van der Waals surface area contributed by atoms with Gasteiger partial charge in [-0.05, 0) is 31.4 Å². The van der Waals surface area contributed by atoms with Gasteiger partial charge in [0.15, 0.2) is 0 Å². The van der Waals surface area contributed by atoms with E-state index in [0.29, 0.717) is 12.0 Å². The lowest BCUT2D eigenvalue weighted by Gasteiger charge is -2.11. The van der Waals surface area contributed by atoms with Crippen molar-refractivity contribution < 1.29 is 9.18 Å². The number of Topliss-reactive ketones (excluding diaryl/α,β-unsaturated/α-hetero) is 1. The maximum Gasteiger partial charge on any atom is 0.130 e. The number of carbonyl (C=O) groups excluding carboxylic acids is 1. The fourth-order valence-corrected chi connectivity index (χ4v) is 1.58. The van der Waals surface area contributed by atoms with Crippen molar-refractivity contribution in [2.75, 3.05) is 0 Å². The van der Waals surface area contributed by atoms with E-state index >= 15 is 0 Å². The largest absolute Gasteiger partial charge is 0.300 e. The van der Waals surface area contributed by atoms with E-state index < -0.39 is 0 Å². The fraction of sp³-hybridized carbons (Fsp3) is 0.417. The van der Waals surface area contributed by atoms with Gasteiger partial charge in [0.25, 0.3) is 0 Å². The Morgan fingerprint density at radius 3 is 2.71 bits per heavy atom. The van der Waals surface area contributed by atoms with Crippen LogP contribution in [0.1, 0.15) is 37.3 Å². The van der Waals surface area contributed by atoms with E-state index in [1.54, 1.807) is 6.07 Å². The first-order chi connectivity index (χ1) is 6.50. The maximum atomic E-state index is 13.4. The Kier molecular flexibility index (Phi) is 3.39. The van der Waals surface area contributed by atoms with E-state index in [9.17, 15) is 9.18 Å². The highest BCUT2D eigenvalue weighted by molar-refractivity contribution is 5.76. The Balaban J connectivity index is 2.93. The molecule has 0 aliphatic rings. The molecule has 0 saturated carbocycles. The molecule has 1 unspecified atom stereocenters. The third-order valence-corrected chi connectivity index (χ3v) is 2.28. The molecular formula is C12H15FO. The third-order valence-electron chi connectivity index (χ3n) is 2.28. The van der Waals surface area contributed by atoms with Gasteiger partial charge in [-0.2, -0.15) is 0 Å². The molecule has 76 valence electrons. The van der Waals surface area contributed by atoms with Gasteiger partial charge in [0.1, 0.15) is 11.6 Å². The standard InChI is InChI=1S/C12H15FO/c1-8-4-5-12(13)11(6-8)9(2)7-10(3)14/h4-6,9H,7H2,1-3H3. The van der Waals surface area contributed by atoms with Crippen molar-refractivity contribution in [3.05, 3.63) is 35.1 Å². The highest BCUT2D eigenvalue weighted by atomic mass is 19.1. The van der Waals surface area contributed by atoms with Crippen molar-refractivity contribution in [2.45, 2.75) is 33.1 Å². The van der Waals surface area contributed by atoms with E-state index in [0.717, 1.165) is 5.56 Å². The van der Waals surface area contributed by atoms with Crippen molar-refractivity contribution in [3.63, 3.8) is 0 Å². The van der Waals surface area contributed by atoms with Crippen LogP contribution in [-0.2, 0) is 4.79 Å².